The van der Waals surface area contributed by atoms with E-state index in [-0.39, 0.29) is 22.8 Å². The van der Waals surface area contributed by atoms with Gasteiger partial charge in [0.05, 0.1) is 5.97 Å². The summed E-state index contributed by atoms with van der Waals surface area (Å²) in [5, 5.41) is 9.14. The third-order valence-corrected chi connectivity index (χ3v) is 0.167. The Morgan fingerprint density at radius 1 is 1.71 bits per heavy atom. The van der Waals surface area contributed by atoms with Crippen molar-refractivity contribution in [2.75, 3.05) is 0 Å². The Kier molecular flexibility index (Phi) is 20.9. The molecule has 0 fully saturated rings. The molecule has 0 rings (SSSR count). The van der Waals surface area contributed by atoms with Crippen molar-refractivity contribution in [3.63, 3.8) is 0 Å². The molecule has 4 heteroatoms. The molecule has 1 radical (unpaired) electrons. The Morgan fingerprint density at radius 3 is 1.86 bits per heavy atom. The molecule has 0 heterocycles. The quantitative estimate of drug-likeness (QED) is 0.304. The third kappa shape index (κ3) is 27.0. The van der Waals surface area contributed by atoms with Crippen molar-refractivity contribution in [1.82, 2.24) is 0 Å². The number of carbonyl (C=O) groups excluding carboxylic acids is 1. The van der Waals surface area contributed by atoms with Gasteiger partial charge in [0.15, 0.2) is 0 Å². The summed E-state index contributed by atoms with van der Waals surface area (Å²) in [6, 6.07) is 0. The van der Waals surface area contributed by atoms with Crippen LogP contribution in [0.2, 0.25) is 0 Å². The zero-order valence-corrected chi connectivity index (χ0v) is 4.78. The minimum Gasteiger partial charge on any atom is -0.870 e. The molecule has 0 saturated carbocycles. The van der Waals surface area contributed by atoms with Gasteiger partial charge in [0, 0.05) is 0 Å². The summed E-state index contributed by atoms with van der Waals surface area (Å²) in [6.07, 6.45) is 0.722. The van der Waals surface area contributed by atoms with E-state index >= 15 is 0 Å². The molecule has 0 amide bonds. The molecule has 0 aromatic rings. The van der Waals surface area contributed by atoms with E-state index in [1.165, 1.54) is 0 Å². The minimum atomic E-state index is -1.23. The molecule has 0 aliphatic carbocycles. The first-order valence-corrected chi connectivity index (χ1v) is 1.11. The molecule has 37 valence electrons. The smallest absolute Gasteiger partial charge is 0.870 e. The molecule has 0 unspecified atom stereocenters. The monoisotopic (exact) mass is 115 g/mol. The van der Waals surface area contributed by atoms with Gasteiger partial charge in [0.25, 0.3) is 0 Å². The van der Waals surface area contributed by atoms with Crippen molar-refractivity contribution >= 4 is 23.3 Å². The number of hydrogen-bond acceptors (Lipinski definition) is 3. The van der Waals surface area contributed by atoms with Gasteiger partial charge >= 0.3 is 17.4 Å². The van der Waals surface area contributed by atoms with E-state index in [1.54, 1.807) is 0 Å². The molecule has 0 saturated heterocycles. The Hall–Kier alpha value is -0.298. The fourth-order valence-corrected chi connectivity index (χ4v) is 0. The van der Waals surface area contributed by atoms with Crippen molar-refractivity contribution in [3.05, 3.63) is 12.7 Å². The number of rotatable bonds is 1. The first-order valence-electron chi connectivity index (χ1n) is 1.11. The van der Waals surface area contributed by atoms with Crippen LogP contribution in [-0.4, -0.2) is 28.8 Å². The van der Waals surface area contributed by atoms with Gasteiger partial charge in [0.2, 0.25) is 0 Å². The van der Waals surface area contributed by atoms with Crippen LogP contribution in [0.1, 0.15) is 0 Å². The van der Waals surface area contributed by atoms with E-state index in [4.69, 9.17) is 9.90 Å². The van der Waals surface area contributed by atoms with E-state index in [1.807, 2.05) is 0 Å². The number of hydrogen-bond donors (Lipinski definition) is 0. The fourth-order valence-electron chi connectivity index (χ4n) is 0. The van der Waals surface area contributed by atoms with Crippen LogP contribution in [0.3, 0.4) is 0 Å². The average molecular weight is 115 g/mol. The van der Waals surface area contributed by atoms with Gasteiger partial charge < -0.3 is 15.4 Å². The van der Waals surface area contributed by atoms with Gasteiger partial charge in [-0.2, -0.15) is 0 Å². The van der Waals surface area contributed by atoms with E-state index in [9.17, 15) is 0 Å². The predicted molar refractivity (Wildman–Crippen MR) is 22.9 cm³/mol. The van der Waals surface area contributed by atoms with Crippen LogP contribution in [-0.2, 0) is 4.79 Å². The van der Waals surface area contributed by atoms with E-state index < -0.39 is 5.97 Å². The zero-order chi connectivity index (χ0) is 4.28. The van der Waals surface area contributed by atoms with Crippen LogP contribution in [0.25, 0.3) is 0 Å². The van der Waals surface area contributed by atoms with Crippen LogP contribution in [0.4, 0.5) is 0 Å². The molecule has 0 atom stereocenters. The van der Waals surface area contributed by atoms with Crippen molar-refractivity contribution in [2.24, 2.45) is 0 Å². The number of aliphatic carboxylic acids is 1. The Labute approximate surface area is 52.1 Å². The summed E-state index contributed by atoms with van der Waals surface area (Å²) < 4.78 is 0. The first-order chi connectivity index (χ1) is 2.27. The summed E-state index contributed by atoms with van der Waals surface area (Å²) in [6.45, 7) is 2.90. The first kappa shape index (κ1) is 15.9. The van der Waals surface area contributed by atoms with Crippen LogP contribution in [0, 0.1) is 0 Å². The van der Waals surface area contributed by atoms with Crippen LogP contribution in [0.5, 0.6) is 0 Å². The summed E-state index contributed by atoms with van der Waals surface area (Å²) in [5.74, 6) is -1.23. The molecule has 0 aromatic heterocycles. The van der Waals surface area contributed by atoms with Crippen LogP contribution >= 0.6 is 0 Å². The topological polar surface area (TPSA) is 70.1 Å². The largest absolute Gasteiger partial charge is 2.00 e. The maximum atomic E-state index is 9.14. The fraction of sp³-hybridized carbons (Fsp3) is 0. The second kappa shape index (κ2) is 9.20. The molecule has 0 aliphatic heterocycles. The second-order valence-corrected chi connectivity index (χ2v) is 0.523. The zero-order valence-electron chi connectivity index (χ0n) is 3.63. The molecule has 7 heavy (non-hydrogen) atoms. The number of carboxylic acid groups (broad SMARTS) is 1. The van der Waals surface area contributed by atoms with E-state index in [2.05, 4.69) is 6.58 Å². The van der Waals surface area contributed by atoms with Crippen LogP contribution in [0.15, 0.2) is 12.7 Å². The Morgan fingerprint density at radius 2 is 1.86 bits per heavy atom. The molecular formula is C3H4AlO3. The molecule has 1 N–H and O–H groups in total. The maximum Gasteiger partial charge on any atom is 2.00 e. The average Bonchev–Trinajstić information content (AvgIpc) is 1.38. The molecule has 3 nitrogen and oxygen atoms in total. The molecule has 0 aromatic carbocycles. The number of carboxylic acids is 1. The SMILES string of the molecule is C=CC(=O)[O-].[Al+2].[OH-]. The van der Waals surface area contributed by atoms with Gasteiger partial charge in [-0.15, -0.1) is 0 Å². The van der Waals surface area contributed by atoms with Gasteiger partial charge in [-0.05, 0) is 6.08 Å². The summed E-state index contributed by atoms with van der Waals surface area (Å²) >= 11 is 0. The Balaban J connectivity index is -0.0000000800. The number of carbonyl (C=O) groups is 1. The van der Waals surface area contributed by atoms with Gasteiger partial charge in [-0.1, -0.05) is 6.58 Å². The summed E-state index contributed by atoms with van der Waals surface area (Å²) in [4.78, 5) is 9.14. The molecule has 0 bridgehead atoms. The minimum absolute atomic E-state index is 0. The van der Waals surface area contributed by atoms with E-state index in [0.717, 1.165) is 6.08 Å². The summed E-state index contributed by atoms with van der Waals surface area (Å²) in [5.41, 5.74) is 0. The van der Waals surface area contributed by atoms with Crippen LogP contribution < -0.4 is 5.11 Å². The third-order valence-electron chi connectivity index (χ3n) is 0.167. The molecule has 0 aliphatic rings. The molecule has 0 spiro atoms. The van der Waals surface area contributed by atoms with Crippen molar-refractivity contribution in [3.8, 4) is 0 Å². The molecular weight excluding hydrogens is 111 g/mol. The van der Waals surface area contributed by atoms with E-state index in [0.29, 0.717) is 0 Å². The maximum absolute atomic E-state index is 9.14. The Bertz CT molecular complexity index is 61.2. The van der Waals surface area contributed by atoms with Gasteiger partial charge in [-0.25, -0.2) is 0 Å². The van der Waals surface area contributed by atoms with Crippen molar-refractivity contribution in [1.29, 1.82) is 0 Å². The van der Waals surface area contributed by atoms with Crippen molar-refractivity contribution in [2.45, 2.75) is 0 Å². The van der Waals surface area contributed by atoms with Gasteiger partial charge in [0.1, 0.15) is 0 Å². The standard InChI is InChI=1S/C3H4O2.Al.H2O/c1-2-3(4)5;;/h2H,1H2,(H,4,5);;1H2/q;+2;/p-2. The second-order valence-electron chi connectivity index (χ2n) is 0.523. The van der Waals surface area contributed by atoms with Crippen molar-refractivity contribution < 1.29 is 15.4 Å². The normalized spacial score (nSPS) is 4.57. The van der Waals surface area contributed by atoms with Gasteiger partial charge in [-0.3, -0.25) is 0 Å². The predicted octanol–water partition coefficient (Wildman–Crippen LogP) is -1.64. The summed E-state index contributed by atoms with van der Waals surface area (Å²) in [7, 11) is 0.